The molecule has 1 N–H and O–H groups in total. The first-order chi connectivity index (χ1) is 22.7. The second-order valence-corrected chi connectivity index (χ2v) is 12.3. The highest BCUT2D eigenvalue weighted by Gasteiger charge is 2.18. The lowest BCUT2D eigenvalue weighted by Crippen LogP contribution is -2.14. The molecule has 1 saturated carbocycles. The van der Waals surface area contributed by atoms with Gasteiger partial charge in [0.25, 0.3) is 0 Å². The van der Waals surface area contributed by atoms with Crippen molar-refractivity contribution in [2.24, 2.45) is 10.9 Å². The number of hydrogen-bond donors (Lipinski definition) is 1. The molecule has 3 heterocycles. The number of rotatable bonds is 7. The summed E-state index contributed by atoms with van der Waals surface area (Å²) in [6, 6.07) is 26.4. The van der Waals surface area contributed by atoms with Crippen LogP contribution in [-0.4, -0.2) is 29.3 Å². The fourth-order valence-corrected chi connectivity index (χ4v) is 6.47. The van der Waals surface area contributed by atoms with E-state index in [1.807, 2.05) is 13.2 Å². The lowest BCUT2D eigenvalue weighted by Gasteiger charge is -2.16. The van der Waals surface area contributed by atoms with Crippen molar-refractivity contribution in [3.8, 4) is 22.3 Å². The van der Waals surface area contributed by atoms with Gasteiger partial charge in [0, 0.05) is 36.3 Å². The van der Waals surface area contributed by atoms with Crippen molar-refractivity contribution in [1.29, 1.82) is 0 Å². The molecule has 2 aromatic heterocycles. The van der Waals surface area contributed by atoms with Crippen molar-refractivity contribution in [2.45, 2.75) is 25.7 Å². The minimum absolute atomic E-state index is 0.721. The van der Waals surface area contributed by atoms with E-state index in [1.165, 1.54) is 24.0 Å². The Morgan fingerprint density at radius 1 is 0.826 bits per heavy atom. The van der Waals surface area contributed by atoms with Crippen molar-refractivity contribution in [3.63, 3.8) is 0 Å². The van der Waals surface area contributed by atoms with Crippen LogP contribution in [0, 0.1) is 5.92 Å². The molecule has 0 radical (unpaired) electrons. The number of aromatic nitrogens is 2. The maximum atomic E-state index is 5.30. The average molecular weight is 597 g/mol. The zero-order valence-corrected chi connectivity index (χ0v) is 26.1. The zero-order chi connectivity index (χ0) is 30.9. The van der Waals surface area contributed by atoms with Crippen molar-refractivity contribution >= 4 is 38.8 Å². The lowest BCUT2D eigenvalue weighted by atomic mass is 9.93. The summed E-state index contributed by atoms with van der Waals surface area (Å²) in [5.74, 6) is 0.721. The number of allylic oxidation sites excluding steroid dienone is 8. The van der Waals surface area contributed by atoms with Crippen LogP contribution < -0.4 is 5.32 Å². The maximum absolute atomic E-state index is 5.30. The number of dihydropyridines is 1. The summed E-state index contributed by atoms with van der Waals surface area (Å²) in [6.07, 6.45) is 24.2. The van der Waals surface area contributed by atoms with Gasteiger partial charge in [-0.2, -0.15) is 0 Å². The van der Waals surface area contributed by atoms with E-state index < -0.39 is 0 Å². The molecule has 2 aliphatic carbocycles. The Kier molecular flexibility index (Phi) is 7.47. The molecule has 4 heteroatoms. The quantitative estimate of drug-likeness (QED) is 0.150. The maximum Gasteiger partial charge on any atom is 0.0978 e. The molecule has 0 bridgehead atoms. The summed E-state index contributed by atoms with van der Waals surface area (Å²) >= 11 is 0. The minimum Gasteiger partial charge on any atom is -0.381 e. The molecule has 1 fully saturated rings. The molecule has 46 heavy (non-hydrogen) atoms. The number of benzene rings is 3. The SMILES string of the molecule is CN=C(/C=C\C1CC1)c1ccc(-c2cc(C3=CCCC=C3)nc3c2ccc2c(-c4ccc(C5=CC=CCN5)cc4)ccnc23)cc1. The predicted molar refractivity (Wildman–Crippen MR) is 194 cm³/mol. The van der Waals surface area contributed by atoms with Crippen LogP contribution in [0.2, 0.25) is 0 Å². The number of fused-ring (bicyclic) bond motifs is 3. The fourth-order valence-electron chi connectivity index (χ4n) is 6.47. The van der Waals surface area contributed by atoms with Crippen LogP contribution in [-0.2, 0) is 0 Å². The highest BCUT2D eigenvalue weighted by molar-refractivity contribution is 6.13. The smallest absolute Gasteiger partial charge is 0.0978 e. The van der Waals surface area contributed by atoms with Gasteiger partial charge < -0.3 is 5.32 Å². The molecular weight excluding hydrogens is 560 g/mol. The summed E-state index contributed by atoms with van der Waals surface area (Å²) in [6.45, 7) is 0.856. The third kappa shape index (κ3) is 5.52. The van der Waals surface area contributed by atoms with Crippen LogP contribution in [0.1, 0.15) is 42.5 Å². The number of aliphatic imine (C=N–C) groups is 1. The van der Waals surface area contributed by atoms with Crippen molar-refractivity contribution in [1.82, 2.24) is 15.3 Å². The Balaban J connectivity index is 1.24. The highest BCUT2D eigenvalue weighted by Crippen LogP contribution is 2.38. The third-order valence-corrected chi connectivity index (χ3v) is 9.18. The highest BCUT2D eigenvalue weighted by atomic mass is 14.9. The Morgan fingerprint density at radius 3 is 2.30 bits per heavy atom. The first-order valence-corrected chi connectivity index (χ1v) is 16.3. The molecule has 224 valence electrons. The van der Waals surface area contributed by atoms with Crippen molar-refractivity contribution in [2.75, 3.05) is 13.6 Å². The monoisotopic (exact) mass is 596 g/mol. The first kappa shape index (κ1) is 28.1. The third-order valence-electron chi connectivity index (χ3n) is 9.18. The largest absolute Gasteiger partial charge is 0.381 e. The Hall–Kier alpha value is -5.35. The van der Waals surface area contributed by atoms with Gasteiger partial charge in [-0.1, -0.05) is 97.1 Å². The van der Waals surface area contributed by atoms with E-state index in [1.54, 1.807) is 0 Å². The Bertz CT molecular complexity index is 2140. The van der Waals surface area contributed by atoms with Crippen molar-refractivity contribution < 1.29 is 0 Å². The van der Waals surface area contributed by atoms with E-state index in [2.05, 4.69) is 132 Å². The topological polar surface area (TPSA) is 50.2 Å². The summed E-state index contributed by atoms with van der Waals surface area (Å²) < 4.78 is 0. The van der Waals surface area contributed by atoms with Gasteiger partial charge in [0.15, 0.2) is 0 Å². The molecule has 0 unspecified atom stereocenters. The second kappa shape index (κ2) is 12.2. The summed E-state index contributed by atoms with van der Waals surface area (Å²) in [4.78, 5) is 14.8. The summed E-state index contributed by atoms with van der Waals surface area (Å²) in [5, 5.41) is 5.66. The van der Waals surface area contributed by atoms with Crippen LogP contribution in [0.15, 0.2) is 133 Å². The van der Waals surface area contributed by atoms with Crippen LogP contribution in [0.4, 0.5) is 0 Å². The Morgan fingerprint density at radius 2 is 1.59 bits per heavy atom. The molecule has 5 aromatic rings. The number of nitrogens with zero attached hydrogens (tertiary/aromatic N) is 3. The number of nitrogens with one attached hydrogen (secondary N) is 1. The second-order valence-electron chi connectivity index (χ2n) is 12.3. The molecule has 3 aliphatic rings. The number of hydrogen-bond acceptors (Lipinski definition) is 4. The molecule has 8 rings (SSSR count). The molecule has 1 aliphatic heterocycles. The van der Waals surface area contributed by atoms with Crippen LogP contribution >= 0.6 is 0 Å². The van der Waals surface area contributed by atoms with E-state index in [0.717, 1.165) is 92.0 Å². The summed E-state index contributed by atoms with van der Waals surface area (Å²) in [5.41, 5.74) is 13.1. The van der Waals surface area contributed by atoms with Gasteiger partial charge in [0.1, 0.15) is 0 Å². The molecule has 0 saturated heterocycles. The zero-order valence-electron chi connectivity index (χ0n) is 26.1. The molecule has 0 atom stereocenters. The first-order valence-electron chi connectivity index (χ1n) is 16.3. The van der Waals surface area contributed by atoms with E-state index in [4.69, 9.17) is 9.97 Å². The Labute approximate surface area is 270 Å². The van der Waals surface area contributed by atoms with Crippen LogP contribution in [0.25, 0.3) is 55.3 Å². The molecular formula is C42H36N4. The van der Waals surface area contributed by atoms with Gasteiger partial charge in [0.2, 0.25) is 0 Å². The van der Waals surface area contributed by atoms with E-state index in [-0.39, 0.29) is 0 Å². The summed E-state index contributed by atoms with van der Waals surface area (Å²) in [7, 11) is 1.87. The number of pyridine rings is 2. The van der Waals surface area contributed by atoms with E-state index >= 15 is 0 Å². The van der Waals surface area contributed by atoms with E-state index in [9.17, 15) is 0 Å². The van der Waals surface area contributed by atoms with Gasteiger partial charge in [-0.3, -0.25) is 9.98 Å². The van der Waals surface area contributed by atoms with E-state index in [0.29, 0.717) is 0 Å². The predicted octanol–water partition coefficient (Wildman–Crippen LogP) is 9.74. The molecule has 0 spiro atoms. The van der Waals surface area contributed by atoms with Gasteiger partial charge >= 0.3 is 0 Å². The van der Waals surface area contributed by atoms with Gasteiger partial charge in [-0.15, -0.1) is 0 Å². The lowest BCUT2D eigenvalue weighted by molar-refractivity contribution is 0.996. The molecule has 4 nitrogen and oxygen atoms in total. The minimum atomic E-state index is 0.721. The van der Waals surface area contributed by atoms with Gasteiger partial charge in [-0.25, -0.2) is 4.98 Å². The van der Waals surface area contributed by atoms with Crippen LogP contribution in [0.5, 0.6) is 0 Å². The van der Waals surface area contributed by atoms with Gasteiger partial charge in [-0.05, 0) is 94.8 Å². The van der Waals surface area contributed by atoms with Crippen molar-refractivity contribution in [3.05, 3.63) is 144 Å². The van der Waals surface area contributed by atoms with Crippen LogP contribution in [0.3, 0.4) is 0 Å². The average Bonchev–Trinajstić information content (AvgIpc) is 3.97. The standard InChI is InChI=1S/C42H36N4/c1-43-38(23-12-28-10-11-28)32-17-15-30(16-18-32)37-27-40(31-7-3-2-4-8-31)46-42-36(37)22-21-35-34(24-26-45-41(35)42)29-13-19-33(20-14-29)39-9-5-6-25-44-39/h3,5-9,12-24,26-28,44H,2,4,10-11,25H2,1H3/b23-12-,43-38?. The molecule has 3 aromatic carbocycles. The fraction of sp³-hybridized carbons (Fsp3) is 0.167. The normalized spacial score (nSPS) is 16.6. The van der Waals surface area contributed by atoms with Gasteiger partial charge in [0.05, 0.1) is 22.4 Å². The molecule has 0 amide bonds.